The van der Waals surface area contributed by atoms with Crippen molar-refractivity contribution in [3.05, 3.63) is 12.0 Å². The number of nitrogens with one attached hydrogen (secondary N) is 1. The van der Waals surface area contributed by atoms with Crippen molar-refractivity contribution in [3.63, 3.8) is 0 Å². The van der Waals surface area contributed by atoms with E-state index in [-0.39, 0.29) is 11.1 Å². The first-order chi connectivity index (χ1) is 9.95. The van der Waals surface area contributed by atoms with Crippen molar-refractivity contribution in [2.45, 2.75) is 50.6 Å². The number of aromatic nitrogens is 2. The van der Waals surface area contributed by atoms with E-state index in [4.69, 9.17) is 0 Å². The molecule has 120 valence electrons. The molecule has 1 aromatic heterocycles. The van der Waals surface area contributed by atoms with Gasteiger partial charge in [-0.3, -0.25) is 0 Å². The average molecular weight is 314 g/mol. The highest BCUT2D eigenvalue weighted by atomic mass is 32.2. The fourth-order valence-corrected chi connectivity index (χ4v) is 4.27. The summed E-state index contributed by atoms with van der Waals surface area (Å²) in [4.78, 5) is 4.19. The summed E-state index contributed by atoms with van der Waals surface area (Å²) in [5.41, 5.74) is 0. The number of piperidine rings is 1. The van der Waals surface area contributed by atoms with Crippen LogP contribution in [0.1, 0.15) is 38.4 Å². The number of hydrogen-bond donors (Lipinski definition) is 1. The van der Waals surface area contributed by atoms with E-state index >= 15 is 0 Å². The number of rotatable bonds is 6. The number of hydrogen-bond acceptors (Lipinski definition) is 4. The number of sulfonamides is 1. The first-order valence-electron chi connectivity index (χ1n) is 7.68. The van der Waals surface area contributed by atoms with Crippen LogP contribution in [0.15, 0.2) is 11.2 Å². The molecule has 2 rings (SSSR count). The van der Waals surface area contributed by atoms with Crippen LogP contribution < -0.4 is 5.32 Å². The Morgan fingerprint density at radius 1 is 1.48 bits per heavy atom. The molecule has 0 aliphatic carbocycles. The maximum Gasteiger partial charge on any atom is 0.262 e. The van der Waals surface area contributed by atoms with Crippen molar-refractivity contribution in [2.75, 3.05) is 19.6 Å². The third-order valence-electron chi connectivity index (χ3n) is 4.00. The summed E-state index contributed by atoms with van der Waals surface area (Å²) in [5, 5.41) is 3.58. The first-order valence-corrected chi connectivity index (χ1v) is 9.12. The Bertz CT molecular complexity index is 542. The number of imidazole rings is 1. The van der Waals surface area contributed by atoms with Crippen molar-refractivity contribution in [2.24, 2.45) is 7.05 Å². The maximum absolute atomic E-state index is 12.8. The quantitative estimate of drug-likeness (QED) is 0.859. The van der Waals surface area contributed by atoms with E-state index in [0.717, 1.165) is 19.4 Å². The van der Waals surface area contributed by atoms with Crippen LogP contribution >= 0.6 is 0 Å². The van der Waals surface area contributed by atoms with Gasteiger partial charge in [0.25, 0.3) is 10.0 Å². The van der Waals surface area contributed by atoms with Crippen LogP contribution in [0.5, 0.6) is 0 Å². The van der Waals surface area contributed by atoms with Crippen molar-refractivity contribution >= 4 is 10.0 Å². The monoisotopic (exact) mass is 314 g/mol. The van der Waals surface area contributed by atoms with Crippen molar-refractivity contribution < 1.29 is 8.42 Å². The van der Waals surface area contributed by atoms with Gasteiger partial charge in [0.05, 0.1) is 0 Å². The lowest BCUT2D eigenvalue weighted by atomic mass is 10.1. The number of nitrogens with zero attached hydrogens (tertiary/aromatic N) is 3. The van der Waals surface area contributed by atoms with Gasteiger partial charge in [-0.25, -0.2) is 13.4 Å². The lowest BCUT2D eigenvalue weighted by Crippen LogP contribution is -2.46. The molecule has 7 heteroatoms. The SMILES string of the molecule is CCCN(CC1CCCCN1)S(=O)(=O)c1cn(C)c(C)n1. The molecule has 0 bridgehead atoms. The van der Waals surface area contributed by atoms with Gasteiger partial charge in [0.1, 0.15) is 5.82 Å². The summed E-state index contributed by atoms with van der Waals surface area (Å²) < 4.78 is 28.9. The zero-order valence-electron chi connectivity index (χ0n) is 13.2. The zero-order chi connectivity index (χ0) is 15.5. The van der Waals surface area contributed by atoms with E-state index in [1.54, 1.807) is 15.1 Å². The fraction of sp³-hybridized carbons (Fsp3) is 0.786. The van der Waals surface area contributed by atoms with Gasteiger partial charge in [0, 0.05) is 32.4 Å². The second kappa shape index (κ2) is 6.89. The van der Waals surface area contributed by atoms with Gasteiger partial charge in [-0.2, -0.15) is 4.31 Å². The van der Waals surface area contributed by atoms with E-state index in [0.29, 0.717) is 18.9 Å². The van der Waals surface area contributed by atoms with Gasteiger partial charge in [-0.05, 0) is 32.7 Å². The lowest BCUT2D eigenvalue weighted by Gasteiger charge is -2.29. The molecule has 0 saturated carbocycles. The molecule has 1 atom stereocenters. The third kappa shape index (κ3) is 3.84. The van der Waals surface area contributed by atoms with Gasteiger partial charge in [0.15, 0.2) is 5.03 Å². The van der Waals surface area contributed by atoms with Crippen LogP contribution in [0.4, 0.5) is 0 Å². The summed E-state index contributed by atoms with van der Waals surface area (Å²) in [6, 6.07) is 0.255. The highest BCUT2D eigenvalue weighted by molar-refractivity contribution is 7.89. The van der Waals surface area contributed by atoms with Crippen LogP contribution in [-0.2, 0) is 17.1 Å². The Labute approximate surface area is 127 Å². The Balaban J connectivity index is 2.18. The van der Waals surface area contributed by atoms with E-state index in [9.17, 15) is 8.42 Å². The van der Waals surface area contributed by atoms with Crippen molar-refractivity contribution in [1.82, 2.24) is 19.2 Å². The highest BCUT2D eigenvalue weighted by Crippen LogP contribution is 2.17. The van der Waals surface area contributed by atoms with E-state index in [2.05, 4.69) is 10.3 Å². The van der Waals surface area contributed by atoms with Gasteiger partial charge in [0.2, 0.25) is 0 Å². The Morgan fingerprint density at radius 2 is 2.24 bits per heavy atom. The Morgan fingerprint density at radius 3 is 2.76 bits per heavy atom. The number of aryl methyl sites for hydroxylation is 2. The molecule has 1 aliphatic heterocycles. The largest absolute Gasteiger partial charge is 0.337 e. The summed E-state index contributed by atoms with van der Waals surface area (Å²) >= 11 is 0. The molecule has 6 nitrogen and oxygen atoms in total. The van der Waals surface area contributed by atoms with Crippen molar-refractivity contribution in [3.8, 4) is 0 Å². The third-order valence-corrected chi connectivity index (χ3v) is 5.74. The molecule has 1 unspecified atom stereocenters. The molecule has 0 aromatic carbocycles. The predicted molar refractivity (Wildman–Crippen MR) is 82.6 cm³/mol. The van der Waals surface area contributed by atoms with Crippen LogP contribution in [0.25, 0.3) is 0 Å². The molecule has 1 fully saturated rings. The molecule has 1 N–H and O–H groups in total. The molecular formula is C14H26N4O2S. The molecule has 0 spiro atoms. The normalized spacial score (nSPS) is 20.1. The average Bonchev–Trinajstić information content (AvgIpc) is 2.80. The van der Waals surface area contributed by atoms with Crippen LogP contribution in [0.2, 0.25) is 0 Å². The van der Waals surface area contributed by atoms with E-state index in [1.165, 1.54) is 12.8 Å². The first kappa shape index (κ1) is 16.5. The topological polar surface area (TPSA) is 67.2 Å². The second-order valence-electron chi connectivity index (χ2n) is 5.75. The minimum Gasteiger partial charge on any atom is -0.337 e. The van der Waals surface area contributed by atoms with Gasteiger partial charge < -0.3 is 9.88 Å². The summed E-state index contributed by atoms with van der Waals surface area (Å²) in [6.45, 7) is 5.86. The summed E-state index contributed by atoms with van der Waals surface area (Å²) in [5.74, 6) is 0.709. The Hall–Kier alpha value is -0.920. The second-order valence-corrected chi connectivity index (χ2v) is 7.63. The summed E-state index contributed by atoms with van der Waals surface area (Å²) in [6.07, 6.45) is 5.78. The molecule has 0 radical (unpaired) electrons. The molecule has 0 amide bonds. The zero-order valence-corrected chi connectivity index (χ0v) is 14.0. The standard InChI is InChI=1S/C14H26N4O2S/c1-4-9-18(10-13-7-5-6-8-15-13)21(19,20)14-11-17(3)12(2)16-14/h11,13,15H,4-10H2,1-3H3. The lowest BCUT2D eigenvalue weighted by molar-refractivity contribution is 0.312. The highest BCUT2D eigenvalue weighted by Gasteiger charge is 2.29. The molecule has 1 aromatic rings. The molecule has 1 aliphatic rings. The molecular weight excluding hydrogens is 288 g/mol. The fourth-order valence-electron chi connectivity index (χ4n) is 2.67. The minimum absolute atomic E-state index is 0.159. The van der Waals surface area contributed by atoms with Gasteiger partial charge in [-0.1, -0.05) is 13.3 Å². The minimum atomic E-state index is -3.50. The Kier molecular flexibility index (Phi) is 5.40. The predicted octanol–water partition coefficient (Wildman–Crippen LogP) is 1.27. The van der Waals surface area contributed by atoms with E-state index < -0.39 is 10.0 Å². The van der Waals surface area contributed by atoms with Gasteiger partial charge >= 0.3 is 0 Å². The van der Waals surface area contributed by atoms with Crippen LogP contribution in [-0.4, -0.2) is 48.0 Å². The van der Waals surface area contributed by atoms with Crippen LogP contribution in [0, 0.1) is 6.92 Å². The van der Waals surface area contributed by atoms with Crippen molar-refractivity contribution in [1.29, 1.82) is 0 Å². The molecule has 2 heterocycles. The van der Waals surface area contributed by atoms with Gasteiger partial charge in [-0.15, -0.1) is 0 Å². The molecule has 1 saturated heterocycles. The van der Waals surface area contributed by atoms with E-state index in [1.807, 2.05) is 20.9 Å². The summed E-state index contributed by atoms with van der Waals surface area (Å²) in [7, 11) is -1.69. The molecule has 21 heavy (non-hydrogen) atoms. The van der Waals surface area contributed by atoms with Crippen LogP contribution in [0.3, 0.4) is 0 Å². The smallest absolute Gasteiger partial charge is 0.262 e. The maximum atomic E-state index is 12.8.